The van der Waals surface area contributed by atoms with Crippen molar-refractivity contribution in [3.63, 3.8) is 0 Å². The van der Waals surface area contributed by atoms with Crippen LogP contribution in [0, 0.1) is 16.7 Å². The minimum absolute atomic E-state index is 0. The number of nitrogen functional groups attached to an aromatic ring is 1. The summed E-state index contributed by atoms with van der Waals surface area (Å²) in [6.45, 7) is 4.27. The predicted molar refractivity (Wildman–Crippen MR) is 134 cm³/mol. The zero-order chi connectivity index (χ0) is 21.5. The summed E-state index contributed by atoms with van der Waals surface area (Å²) in [5.74, 6) is -0.374. The average Bonchev–Trinajstić information content (AvgIpc) is 2.75. The Bertz CT molecular complexity index is 930. The molecule has 0 amide bonds. The monoisotopic (exact) mass is 479 g/mol. The molecule has 9 heteroatoms. The number of carboxylic acid groups (broad SMARTS) is 1. The molecule has 1 aliphatic rings. The largest absolute Gasteiger partial charge is 0.478 e. The summed E-state index contributed by atoms with van der Waals surface area (Å²) in [6, 6.07) is 12.6. The summed E-state index contributed by atoms with van der Waals surface area (Å²) in [4.78, 5) is 13.9. The lowest BCUT2D eigenvalue weighted by atomic mass is 9.96. The van der Waals surface area contributed by atoms with Gasteiger partial charge in [0.05, 0.1) is 5.56 Å². The normalized spacial score (nSPS) is 14.1. The molecule has 0 saturated carbocycles. The lowest BCUT2D eigenvalue weighted by Crippen LogP contribution is -2.37. The first-order valence-electron chi connectivity index (χ1n) is 10.2. The molecule has 1 fully saturated rings. The Hall–Kier alpha value is -2.45. The zero-order valence-corrected chi connectivity index (χ0v) is 19.5. The topological polar surface area (TPSA) is 126 Å². The Morgan fingerprint density at radius 3 is 2.44 bits per heavy atom. The molecule has 0 unspecified atom stereocenters. The Morgan fingerprint density at radius 1 is 1.12 bits per heavy atom. The maximum absolute atomic E-state index is 11.6. The van der Waals surface area contributed by atoms with E-state index in [0.29, 0.717) is 18.0 Å². The minimum atomic E-state index is -0.959. The molecule has 0 spiro atoms. The van der Waals surface area contributed by atoms with Gasteiger partial charge in [-0.05, 0) is 79.3 Å². The summed E-state index contributed by atoms with van der Waals surface area (Å²) in [6.07, 6.45) is 3.68. The number of hydrogen-bond donors (Lipinski definition) is 5. The van der Waals surface area contributed by atoms with E-state index in [9.17, 15) is 9.90 Å². The van der Waals surface area contributed by atoms with Gasteiger partial charge in [-0.15, -0.1) is 24.8 Å². The van der Waals surface area contributed by atoms with E-state index in [4.69, 9.17) is 16.6 Å². The zero-order valence-electron chi connectivity index (χ0n) is 17.8. The van der Waals surface area contributed by atoms with Gasteiger partial charge < -0.3 is 21.6 Å². The van der Waals surface area contributed by atoms with Gasteiger partial charge in [0.25, 0.3) is 0 Å². The highest BCUT2D eigenvalue weighted by molar-refractivity contribution is 5.96. The molecule has 0 bridgehead atoms. The van der Waals surface area contributed by atoms with E-state index in [0.717, 1.165) is 55.7 Å². The number of aromatic carboxylic acids is 1. The van der Waals surface area contributed by atoms with Crippen LogP contribution in [0.25, 0.3) is 11.1 Å². The standard InChI is InChI=1S/C23H29N5O2.2ClH/c24-6-9-28-7-4-16(5-8-28)14-27-15-17-10-20(13-21(11-17)23(29)30)18-2-1-3-19(12-18)22(25)26;;/h1-3,6,10-13,16,24,27H,4-5,7-9,14-15H2,(H3,25,26)(H,29,30);2*1H. The summed E-state index contributed by atoms with van der Waals surface area (Å²) in [5, 5.41) is 27.9. The summed E-state index contributed by atoms with van der Waals surface area (Å²) in [5.41, 5.74) is 9.01. The molecule has 1 heterocycles. The van der Waals surface area contributed by atoms with Gasteiger partial charge in [-0.25, -0.2) is 4.79 Å². The molecule has 7 nitrogen and oxygen atoms in total. The molecule has 0 aromatic heterocycles. The van der Waals surface area contributed by atoms with E-state index in [1.54, 1.807) is 18.2 Å². The summed E-state index contributed by atoms with van der Waals surface area (Å²) < 4.78 is 0. The highest BCUT2D eigenvalue weighted by Crippen LogP contribution is 2.24. The fourth-order valence-electron chi connectivity index (χ4n) is 3.87. The molecule has 0 aliphatic carbocycles. The number of halogens is 2. The van der Waals surface area contributed by atoms with Crippen LogP contribution >= 0.6 is 24.8 Å². The van der Waals surface area contributed by atoms with Gasteiger partial charge >= 0.3 is 5.97 Å². The Morgan fingerprint density at radius 2 is 1.81 bits per heavy atom. The molecule has 1 saturated heterocycles. The van der Waals surface area contributed by atoms with E-state index in [2.05, 4.69) is 10.2 Å². The molecule has 0 radical (unpaired) electrons. The van der Waals surface area contributed by atoms with Crippen molar-refractivity contribution in [3.8, 4) is 11.1 Å². The number of likely N-dealkylation sites (tertiary alicyclic amines) is 1. The third kappa shape index (κ3) is 7.60. The summed E-state index contributed by atoms with van der Waals surface area (Å²) in [7, 11) is 0. The molecule has 1 aliphatic heterocycles. The van der Waals surface area contributed by atoms with Crippen LogP contribution in [-0.2, 0) is 6.54 Å². The van der Waals surface area contributed by atoms with Gasteiger partial charge in [0.1, 0.15) is 5.84 Å². The second-order valence-electron chi connectivity index (χ2n) is 7.80. The van der Waals surface area contributed by atoms with Gasteiger partial charge in [-0.3, -0.25) is 10.3 Å². The van der Waals surface area contributed by atoms with E-state index in [-0.39, 0.29) is 36.2 Å². The van der Waals surface area contributed by atoms with Crippen LogP contribution in [0.15, 0.2) is 42.5 Å². The number of nitrogens with one attached hydrogen (secondary N) is 3. The first kappa shape index (κ1) is 27.6. The number of nitrogens with two attached hydrogens (primary N) is 1. The second-order valence-corrected chi connectivity index (χ2v) is 7.80. The predicted octanol–water partition coefficient (Wildman–Crippen LogP) is 3.63. The van der Waals surface area contributed by atoms with Gasteiger partial charge in [-0.2, -0.15) is 0 Å². The van der Waals surface area contributed by atoms with E-state index in [1.807, 2.05) is 24.3 Å². The first-order valence-corrected chi connectivity index (χ1v) is 10.2. The molecular formula is C23H31Cl2N5O2. The maximum Gasteiger partial charge on any atom is 0.335 e. The van der Waals surface area contributed by atoms with Crippen molar-refractivity contribution < 1.29 is 9.90 Å². The Labute approximate surface area is 201 Å². The smallest absolute Gasteiger partial charge is 0.335 e. The average molecular weight is 480 g/mol. The third-order valence-electron chi connectivity index (χ3n) is 5.57. The van der Waals surface area contributed by atoms with Gasteiger partial charge in [0, 0.05) is 24.9 Å². The summed E-state index contributed by atoms with van der Waals surface area (Å²) >= 11 is 0. The lowest BCUT2D eigenvalue weighted by Gasteiger charge is -2.31. The van der Waals surface area contributed by atoms with Crippen molar-refractivity contribution in [2.75, 3.05) is 26.2 Å². The van der Waals surface area contributed by atoms with Gasteiger partial charge in [-0.1, -0.05) is 18.2 Å². The van der Waals surface area contributed by atoms with Crippen LogP contribution in [0.3, 0.4) is 0 Å². The van der Waals surface area contributed by atoms with E-state index >= 15 is 0 Å². The number of amidine groups is 1. The number of hydrogen-bond acceptors (Lipinski definition) is 5. The van der Waals surface area contributed by atoms with Crippen molar-refractivity contribution in [2.45, 2.75) is 19.4 Å². The van der Waals surface area contributed by atoms with Crippen LogP contribution in [0.5, 0.6) is 0 Å². The number of nitrogens with zero attached hydrogens (tertiary/aromatic N) is 1. The van der Waals surface area contributed by atoms with Crippen LogP contribution in [0.2, 0.25) is 0 Å². The highest BCUT2D eigenvalue weighted by Gasteiger charge is 2.18. The Kier molecular flexibility index (Phi) is 11.4. The van der Waals surface area contributed by atoms with Gasteiger partial charge in [0.15, 0.2) is 0 Å². The van der Waals surface area contributed by atoms with Crippen LogP contribution < -0.4 is 11.1 Å². The van der Waals surface area contributed by atoms with Crippen LogP contribution in [-0.4, -0.2) is 54.2 Å². The van der Waals surface area contributed by atoms with Crippen molar-refractivity contribution in [3.05, 3.63) is 59.2 Å². The fraction of sp³-hybridized carbons (Fsp3) is 0.348. The molecule has 2 aromatic rings. The maximum atomic E-state index is 11.6. The van der Waals surface area contributed by atoms with E-state index in [1.165, 1.54) is 6.21 Å². The molecule has 2 aromatic carbocycles. The van der Waals surface area contributed by atoms with Crippen molar-refractivity contribution in [1.82, 2.24) is 10.2 Å². The van der Waals surface area contributed by atoms with Crippen molar-refractivity contribution in [2.24, 2.45) is 11.7 Å². The molecule has 32 heavy (non-hydrogen) atoms. The molecule has 6 N–H and O–H groups in total. The third-order valence-corrected chi connectivity index (χ3v) is 5.57. The Balaban J connectivity index is 0.00000256. The number of rotatable bonds is 9. The number of carbonyl (C=O) groups is 1. The first-order chi connectivity index (χ1) is 14.5. The molecule has 174 valence electrons. The van der Waals surface area contributed by atoms with E-state index < -0.39 is 5.97 Å². The molecule has 0 atom stereocenters. The second kappa shape index (κ2) is 13.2. The van der Waals surface area contributed by atoms with Gasteiger partial charge in [0.2, 0.25) is 0 Å². The minimum Gasteiger partial charge on any atom is -0.478 e. The van der Waals surface area contributed by atoms with Crippen LogP contribution in [0.4, 0.5) is 0 Å². The quantitative estimate of drug-likeness (QED) is 0.277. The highest BCUT2D eigenvalue weighted by atomic mass is 35.5. The lowest BCUT2D eigenvalue weighted by molar-refractivity contribution is 0.0696. The molecular weight excluding hydrogens is 449 g/mol. The van der Waals surface area contributed by atoms with Crippen molar-refractivity contribution in [1.29, 1.82) is 10.8 Å². The van der Waals surface area contributed by atoms with Crippen molar-refractivity contribution >= 4 is 42.8 Å². The fourth-order valence-corrected chi connectivity index (χ4v) is 3.87. The number of carboxylic acids is 1. The molecule has 3 rings (SSSR count). The number of benzene rings is 2. The number of piperidine rings is 1. The van der Waals surface area contributed by atoms with Crippen LogP contribution in [0.1, 0.15) is 34.3 Å². The SMILES string of the molecule is Cl.Cl.N=CCN1CCC(CNCc2cc(C(=O)O)cc(-c3cccc(C(=N)N)c3)c2)CC1.